The molecule has 0 spiro atoms. The van der Waals surface area contributed by atoms with Gasteiger partial charge in [-0.2, -0.15) is 5.10 Å². The molecule has 6 heteroatoms. The molecule has 2 rings (SSSR count). The second kappa shape index (κ2) is 3.25. The maximum atomic E-state index is 7.23. The lowest BCUT2D eigenvalue weighted by molar-refractivity contribution is 0.875. The quantitative estimate of drug-likeness (QED) is 0.510. The van der Waals surface area contributed by atoms with Crippen molar-refractivity contribution >= 4 is 5.84 Å². The summed E-state index contributed by atoms with van der Waals surface area (Å²) in [4.78, 5) is 7.76. The zero-order valence-corrected chi connectivity index (χ0v) is 7.25. The van der Waals surface area contributed by atoms with Crippen LogP contribution < -0.4 is 5.73 Å². The van der Waals surface area contributed by atoms with E-state index in [-0.39, 0.29) is 5.84 Å². The van der Waals surface area contributed by atoms with Gasteiger partial charge in [0.2, 0.25) is 0 Å². The molecule has 0 aromatic carbocycles. The standard InChI is InChI=1S/C8H8N6/c9-8(10)7-3-6(1-2-12-7)14-5-11-4-13-14/h1-5H,(H3,9,10). The molecule has 0 bridgehead atoms. The first kappa shape index (κ1) is 8.36. The molecule has 2 aromatic rings. The van der Waals surface area contributed by atoms with Crippen LogP contribution in [0.4, 0.5) is 0 Å². The molecular formula is C8H8N6. The minimum atomic E-state index is -0.0630. The predicted octanol–water partition coefficient (Wildman–Crippen LogP) is -0.0536. The number of nitrogens with one attached hydrogen (secondary N) is 1. The van der Waals surface area contributed by atoms with Gasteiger partial charge in [-0.3, -0.25) is 10.4 Å². The van der Waals surface area contributed by atoms with Crippen molar-refractivity contribution in [2.75, 3.05) is 0 Å². The van der Waals surface area contributed by atoms with Crippen molar-refractivity contribution in [1.82, 2.24) is 19.7 Å². The van der Waals surface area contributed by atoms with Crippen LogP contribution in [0.5, 0.6) is 0 Å². The maximum absolute atomic E-state index is 7.23. The molecule has 0 aliphatic carbocycles. The molecule has 0 saturated heterocycles. The van der Waals surface area contributed by atoms with E-state index in [1.807, 2.05) is 0 Å². The summed E-state index contributed by atoms with van der Waals surface area (Å²) >= 11 is 0. The highest BCUT2D eigenvalue weighted by Gasteiger charge is 2.01. The molecule has 0 saturated carbocycles. The first-order valence-electron chi connectivity index (χ1n) is 3.93. The minimum absolute atomic E-state index is 0.0630. The van der Waals surface area contributed by atoms with Crippen LogP contribution in [0.25, 0.3) is 5.69 Å². The average molecular weight is 188 g/mol. The summed E-state index contributed by atoms with van der Waals surface area (Å²) in [6.07, 6.45) is 4.58. The monoisotopic (exact) mass is 188 g/mol. The van der Waals surface area contributed by atoms with Crippen LogP contribution in [0.2, 0.25) is 0 Å². The van der Waals surface area contributed by atoms with Crippen molar-refractivity contribution in [1.29, 1.82) is 5.41 Å². The van der Waals surface area contributed by atoms with Crippen molar-refractivity contribution in [3.8, 4) is 5.69 Å². The molecule has 0 radical (unpaired) electrons. The smallest absolute Gasteiger partial charge is 0.141 e. The van der Waals surface area contributed by atoms with Crippen molar-refractivity contribution in [2.24, 2.45) is 5.73 Å². The Morgan fingerprint density at radius 1 is 1.50 bits per heavy atom. The van der Waals surface area contributed by atoms with Gasteiger partial charge < -0.3 is 5.73 Å². The van der Waals surface area contributed by atoms with Crippen LogP contribution in [0.1, 0.15) is 5.69 Å². The number of nitrogen functional groups attached to an aromatic ring is 1. The second-order valence-corrected chi connectivity index (χ2v) is 2.65. The molecule has 2 heterocycles. The van der Waals surface area contributed by atoms with Crippen molar-refractivity contribution in [3.05, 3.63) is 36.7 Å². The molecule has 0 atom stereocenters. The molecule has 0 unspecified atom stereocenters. The number of rotatable bonds is 2. The van der Waals surface area contributed by atoms with Crippen LogP contribution in [-0.4, -0.2) is 25.6 Å². The first-order valence-corrected chi connectivity index (χ1v) is 3.93. The number of nitrogens with zero attached hydrogens (tertiary/aromatic N) is 4. The first-order chi connectivity index (χ1) is 6.77. The van der Waals surface area contributed by atoms with Crippen LogP contribution >= 0.6 is 0 Å². The summed E-state index contributed by atoms with van der Waals surface area (Å²) in [5.74, 6) is -0.0630. The molecular weight excluding hydrogens is 180 g/mol. The van der Waals surface area contributed by atoms with Crippen LogP contribution in [0, 0.1) is 5.41 Å². The molecule has 70 valence electrons. The van der Waals surface area contributed by atoms with Gasteiger partial charge in [0, 0.05) is 6.20 Å². The van der Waals surface area contributed by atoms with Gasteiger partial charge in [-0.15, -0.1) is 0 Å². The Bertz CT molecular complexity index is 447. The number of aromatic nitrogens is 4. The topological polar surface area (TPSA) is 93.5 Å². The van der Waals surface area contributed by atoms with Gasteiger partial charge in [-0.05, 0) is 12.1 Å². The number of pyridine rings is 1. The van der Waals surface area contributed by atoms with E-state index in [1.54, 1.807) is 29.3 Å². The fourth-order valence-corrected chi connectivity index (χ4v) is 1.05. The third-order valence-electron chi connectivity index (χ3n) is 1.70. The highest BCUT2D eigenvalue weighted by Crippen LogP contribution is 2.05. The Labute approximate surface area is 79.9 Å². The molecule has 0 aliphatic heterocycles. The van der Waals surface area contributed by atoms with E-state index in [0.29, 0.717) is 5.69 Å². The summed E-state index contributed by atoms with van der Waals surface area (Å²) < 4.78 is 1.58. The van der Waals surface area contributed by atoms with Crippen molar-refractivity contribution < 1.29 is 0 Å². The van der Waals surface area contributed by atoms with Crippen molar-refractivity contribution in [3.63, 3.8) is 0 Å². The molecule has 0 amide bonds. The van der Waals surface area contributed by atoms with E-state index in [4.69, 9.17) is 11.1 Å². The van der Waals surface area contributed by atoms with Crippen molar-refractivity contribution in [2.45, 2.75) is 0 Å². The highest BCUT2D eigenvalue weighted by atomic mass is 15.3. The fraction of sp³-hybridized carbons (Fsp3) is 0. The average Bonchev–Trinajstić information content (AvgIpc) is 2.71. The van der Waals surface area contributed by atoms with E-state index >= 15 is 0 Å². The predicted molar refractivity (Wildman–Crippen MR) is 50.2 cm³/mol. The van der Waals surface area contributed by atoms with Crippen LogP contribution in [0.15, 0.2) is 31.0 Å². The molecule has 0 fully saturated rings. The molecule has 2 aromatic heterocycles. The Balaban J connectivity index is 2.46. The summed E-state index contributed by atoms with van der Waals surface area (Å²) in [7, 11) is 0. The van der Waals surface area contributed by atoms with E-state index in [0.717, 1.165) is 5.69 Å². The zero-order valence-electron chi connectivity index (χ0n) is 7.25. The molecule has 14 heavy (non-hydrogen) atoms. The highest BCUT2D eigenvalue weighted by molar-refractivity contribution is 5.93. The Hall–Kier alpha value is -2.24. The van der Waals surface area contributed by atoms with E-state index in [9.17, 15) is 0 Å². The van der Waals surface area contributed by atoms with E-state index in [2.05, 4.69) is 15.1 Å². The maximum Gasteiger partial charge on any atom is 0.141 e. The Morgan fingerprint density at radius 3 is 3.00 bits per heavy atom. The molecule has 6 nitrogen and oxygen atoms in total. The van der Waals surface area contributed by atoms with E-state index < -0.39 is 0 Å². The number of hydrogen-bond donors (Lipinski definition) is 2. The molecule has 3 N–H and O–H groups in total. The van der Waals surface area contributed by atoms with Gasteiger partial charge in [0.15, 0.2) is 0 Å². The normalized spacial score (nSPS) is 10.0. The van der Waals surface area contributed by atoms with Gasteiger partial charge in [-0.25, -0.2) is 9.67 Å². The lowest BCUT2D eigenvalue weighted by Gasteiger charge is -2.01. The summed E-state index contributed by atoms with van der Waals surface area (Å²) in [6, 6.07) is 3.44. The Kier molecular flexibility index (Phi) is 1.94. The fourth-order valence-electron chi connectivity index (χ4n) is 1.05. The number of amidine groups is 1. The minimum Gasteiger partial charge on any atom is -0.382 e. The third kappa shape index (κ3) is 1.45. The summed E-state index contributed by atoms with van der Waals surface area (Å²) in [5.41, 5.74) is 6.52. The van der Waals surface area contributed by atoms with Gasteiger partial charge in [-0.1, -0.05) is 0 Å². The largest absolute Gasteiger partial charge is 0.382 e. The van der Waals surface area contributed by atoms with Gasteiger partial charge in [0.1, 0.15) is 24.2 Å². The van der Waals surface area contributed by atoms with Gasteiger partial charge in [0.25, 0.3) is 0 Å². The number of nitrogens with two attached hydrogens (primary N) is 1. The Morgan fingerprint density at radius 2 is 2.36 bits per heavy atom. The van der Waals surface area contributed by atoms with Gasteiger partial charge >= 0.3 is 0 Å². The zero-order chi connectivity index (χ0) is 9.97. The molecule has 0 aliphatic rings. The summed E-state index contributed by atoms with van der Waals surface area (Å²) in [6.45, 7) is 0. The SMILES string of the molecule is N=C(N)c1cc(-n2cncn2)ccn1. The lowest BCUT2D eigenvalue weighted by atomic mass is 10.3. The van der Waals surface area contributed by atoms with Crippen LogP contribution in [-0.2, 0) is 0 Å². The number of hydrogen-bond acceptors (Lipinski definition) is 4. The van der Waals surface area contributed by atoms with Gasteiger partial charge in [0.05, 0.1) is 5.69 Å². The lowest BCUT2D eigenvalue weighted by Crippen LogP contribution is -2.13. The summed E-state index contributed by atoms with van der Waals surface area (Å²) in [5, 5.41) is 11.2. The second-order valence-electron chi connectivity index (χ2n) is 2.65. The van der Waals surface area contributed by atoms with Crippen LogP contribution in [0.3, 0.4) is 0 Å². The third-order valence-corrected chi connectivity index (χ3v) is 1.70. The van der Waals surface area contributed by atoms with E-state index in [1.165, 1.54) is 6.33 Å².